The maximum atomic E-state index is 13.3. The number of aliphatic carboxylic acids is 1. The smallest absolute Gasteiger partial charge is 0.341 e. The number of carboxylic acid groups (broad SMARTS) is 1. The molecule has 0 bridgehead atoms. The molecule has 7 nitrogen and oxygen atoms in total. The first-order valence-corrected chi connectivity index (χ1v) is 10.1. The fourth-order valence-corrected chi connectivity index (χ4v) is 3.96. The Kier molecular flexibility index (Phi) is 7.14. The van der Waals surface area contributed by atoms with Gasteiger partial charge in [-0.3, -0.25) is 4.79 Å². The van der Waals surface area contributed by atoms with Gasteiger partial charge in [-0.25, -0.2) is 4.79 Å². The summed E-state index contributed by atoms with van der Waals surface area (Å²) in [6.07, 6.45) is 6.48. The summed E-state index contributed by atoms with van der Waals surface area (Å²) in [6, 6.07) is 5.19. The van der Waals surface area contributed by atoms with E-state index in [0.717, 1.165) is 45.1 Å². The second kappa shape index (κ2) is 9.78. The number of carbonyl (C=O) groups is 2. The van der Waals surface area contributed by atoms with Gasteiger partial charge in [0, 0.05) is 24.8 Å². The molecule has 7 heteroatoms. The summed E-state index contributed by atoms with van der Waals surface area (Å²) in [7, 11) is 0. The molecule has 1 atom stereocenters. The van der Waals surface area contributed by atoms with Crippen molar-refractivity contribution in [3.8, 4) is 11.5 Å². The van der Waals surface area contributed by atoms with Gasteiger partial charge in [-0.15, -0.1) is 0 Å². The maximum Gasteiger partial charge on any atom is 0.341 e. The van der Waals surface area contributed by atoms with Crippen LogP contribution in [0.3, 0.4) is 0 Å². The number of ether oxygens (including phenoxy) is 3. The van der Waals surface area contributed by atoms with Crippen LogP contribution in [0.5, 0.6) is 11.5 Å². The van der Waals surface area contributed by atoms with E-state index in [1.165, 1.54) is 0 Å². The topological polar surface area (TPSA) is 85.3 Å². The molecule has 0 radical (unpaired) electrons. The largest absolute Gasteiger partial charge is 0.490 e. The molecule has 3 rings (SSSR count). The number of hydrogen-bond acceptors (Lipinski definition) is 5. The quantitative estimate of drug-likeness (QED) is 0.696. The van der Waals surface area contributed by atoms with Crippen molar-refractivity contribution in [3.05, 3.63) is 23.8 Å². The van der Waals surface area contributed by atoms with Crippen molar-refractivity contribution >= 4 is 11.9 Å². The van der Waals surface area contributed by atoms with Gasteiger partial charge in [0.2, 0.25) is 0 Å². The normalized spacial score (nSPS) is 19.5. The molecule has 1 saturated carbocycles. The van der Waals surface area contributed by atoms with Crippen LogP contribution in [0.15, 0.2) is 18.2 Å². The Bertz CT molecular complexity index is 679. The monoisotopic (exact) mass is 391 g/mol. The van der Waals surface area contributed by atoms with E-state index in [0.29, 0.717) is 30.2 Å². The van der Waals surface area contributed by atoms with Crippen LogP contribution in [0.25, 0.3) is 0 Å². The van der Waals surface area contributed by atoms with Gasteiger partial charge in [-0.05, 0) is 50.8 Å². The third kappa shape index (κ3) is 5.16. The lowest BCUT2D eigenvalue weighted by molar-refractivity contribution is -0.139. The van der Waals surface area contributed by atoms with Crippen LogP contribution >= 0.6 is 0 Å². The molecular formula is C21H29NO6. The molecule has 2 fully saturated rings. The van der Waals surface area contributed by atoms with Gasteiger partial charge in [-0.1, -0.05) is 12.8 Å². The van der Waals surface area contributed by atoms with E-state index in [1.807, 2.05) is 11.8 Å². The van der Waals surface area contributed by atoms with Crippen molar-refractivity contribution < 1.29 is 28.9 Å². The van der Waals surface area contributed by atoms with E-state index in [2.05, 4.69) is 0 Å². The number of nitrogens with zero attached hydrogens (tertiary/aromatic N) is 1. The van der Waals surface area contributed by atoms with Crippen LogP contribution in [0, 0.1) is 0 Å². The van der Waals surface area contributed by atoms with E-state index >= 15 is 0 Å². The highest BCUT2D eigenvalue weighted by molar-refractivity contribution is 5.95. The number of carbonyl (C=O) groups excluding carboxylic acids is 1. The van der Waals surface area contributed by atoms with E-state index in [-0.39, 0.29) is 18.1 Å². The number of carboxylic acids is 1. The van der Waals surface area contributed by atoms with Crippen molar-refractivity contribution in [2.24, 2.45) is 0 Å². The second-order valence-electron chi connectivity index (χ2n) is 7.31. The predicted octanol–water partition coefficient (Wildman–Crippen LogP) is 3.11. The zero-order valence-electron chi connectivity index (χ0n) is 16.4. The summed E-state index contributed by atoms with van der Waals surface area (Å²) in [5, 5.41) is 8.83. The van der Waals surface area contributed by atoms with Gasteiger partial charge in [0.25, 0.3) is 5.91 Å². The van der Waals surface area contributed by atoms with Gasteiger partial charge < -0.3 is 24.2 Å². The van der Waals surface area contributed by atoms with Crippen molar-refractivity contribution in [1.29, 1.82) is 0 Å². The first kappa shape index (κ1) is 20.5. The highest BCUT2D eigenvalue weighted by Crippen LogP contribution is 2.31. The molecule has 2 aliphatic rings. The van der Waals surface area contributed by atoms with Crippen molar-refractivity contribution in [2.45, 2.75) is 57.6 Å². The zero-order chi connectivity index (χ0) is 19.9. The third-order valence-corrected chi connectivity index (χ3v) is 5.29. The maximum absolute atomic E-state index is 13.3. The number of amides is 1. The summed E-state index contributed by atoms with van der Waals surface area (Å²) >= 11 is 0. The van der Waals surface area contributed by atoms with Crippen molar-refractivity contribution in [1.82, 2.24) is 4.90 Å². The number of hydrogen-bond donors (Lipinski definition) is 1. The SMILES string of the molecule is CCOc1cc(C(=O)N(CC2CCCO2)C2CCCC2)ccc1OCC(=O)O. The molecule has 0 aromatic heterocycles. The first-order valence-electron chi connectivity index (χ1n) is 10.1. The fourth-order valence-electron chi connectivity index (χ4n) is 3.96. The highest BCUT2D eigenvalue weighted by atomic mass is 16.5. The Balaban J connectivity index is 1.80. The van der Waals surface area contributed by atoms with Gasteiger partial charge in [0.1, 0.15) is 0 Å². The van der Waals surface area contributed by atoms with Crippen molar-refractivity contribution in [3.63, 3.8) is 0 Å². The van der Waals surface area contributed by atoms with Crippen LogP contribution in [-0.4, -0.2) is 60.4 Å². The second-order valence-corrected chi connectivity index (χ2v) is 7.31. The minimum Gasteiger partial charge on any atom is -0.490 e. The lowest BCUT2D eigenvalue weighted by Gasteiger charge is -2.31. The molecule has 28 heavy (non-hydrogen) atoms. The van der Waals surface area contributed by atoms with Crippen molar-refractivity contribution in [2.75, 3.05) is 26.4 Å². The summed E-state index contributed by atoms with van der Waals surface area (Å²) < 4.78 is 16.6. The Hall–Kier alpha value is -2.28. The lowest BCUT2D eigenvalue weighted by Crippen LogP contribution is -2.43. The molecular weight excluding hydrogens is 362 g/mol. The minimum atomic E-state index is -1.06. The molecule has 1 aliphatic carbocycles. The summed E-state index contributed by atoms with van der Waals surface area (Å²) in [5.41, 5.74) is 0.524. The first-order chi connectivity index (χ1) is 13.6. The Morgan fingerprint density at radius 2 is 1.93 bits per heavy atom. The van der Waals surface area contributed by atoms with Gasteiger partial charge >= 0.3 is 5.97 Å². The van der Waals surface area contributed by atoms with Gasteiger partial charge in [0.15, 0.2) is 18.1 Å². The van der Waals surface area contributed by atoms with Gasteiger partial charge in [-0.2, -0.15) is 0 Å². The highest BCUT2D eigenvalue weighted by Gasteiger charge is 2.31. The summed E-state index contributed by atoms with van der Waals surface area (Å²) in [5.74, 6) is -0.384. The average molecular weight is 391 g/mol. The van der Waals surface area contributed by atoms with E-state index in [4.69, 9.17) is 19.3 Å². The van der Waals surface area contributed by atoms with Crippen LogP contribution in [0.4, 0.5) is 0 Å². The molecule has 1 aliphatic heterocycles. The van der Waals surface area contributed by atoms with E-state index in [1.54, 1.807) is 18.2 Å². The Morgan fingerprint density at radius 3 is 2.57 bits per heavy atom. The van der Waals surface area contributed by atoms with Gasteiger partial charge in [0.05, 0.1) is 12.7 Å². The minimum absolute atomic E-state index is 0.0341. The fraction of sp³-hybridized carbons (Fsp3) is 0.619. The standard InChI is InChI=1S/C21H29NO6/c1-2-26-19-12-15(9-10-18(19)28-14-20(23)24)21(25)22(16-6-3-4-7-16)13-17-8-5-11-27-17/h9-10,12,16-17H,2-8,11,13-14H2,1H3,(H,23,24). The molecule has 1 saturated heterocycles. The van der Waals surface area contributed by atoms with Crippen LogP contribution in [0.1, 0.15) is 55.8 Å². The molecule has 0 spiro atoms. The van der Waals surface area contributed by atoms with E-state index in [9.17, 15) is 9.59 Å². The van der Waals surface area contributed by atoms with E-state index < -0.39 is 12.6 Å². The molecule has 1 heterocycles. The average Bonchev–Trinajstić information content (AvgIpc) is 3.38. The predicted molar refractivity (Wildman–Crippen MR) is 103 cm³/mol. The molecule has 154 valence electrons. The van der Waals surface area contributed by atoms with Crippen LogP contribution < -0.4 is 9.47 Å². The Labute approximate surface area is 165 Å². The van der Waals surface area contributed by atoms with Crippen LogP contribution in [-0.2, 0) is 9.53 Å². The molecule has 1 amide bonds. The van der Waals surface area contributed by atoms with Crippen LogP contribution in [0.2, 0.25) is 0 Å². The zero-order valence-corrected chi connectivity index (χ0v) is 16.4. The summed E-state index contributed by atoms with van der Waals surface area (Å²) in [6.45, 7) is 3.15. The Morgan fingerprint density at radius 1 is 1.14 bits per heavy atom. The lowest BCUT2D eigenvalue weighted by atomic mass is 10.1. The third-order valence-electron chi connectivity index (χ3n) is 5.29. The number of rotatable bonds is 9. The number of benzene rings is 1. The summed E-state index contributed by atoms with van der Waals surface area (Å²) in [4.78, 5) is 26.1. The molecule has 1 N–H and O–H groups in total. The molecule has 1 unspecified atom stereocenters. The molecule has 1 aromatic carbocycles. The molecule has 1 aromatic rings.